The van der Waals surface area contributed by atoms with Gasteiger partial charge in [-0.3, -0.25) is 0 Å². The second-order valence-corrected chi connectivity index (χ2v) is 7.67. The summed E-state index contributed by atoms with van der Waals surface area (Å²) in [5, 5.41) is 0. The largest absolute Gasteiger partial charge is 0.461 e. The van der Waals surface area contributed by atoms with E-state index >= 15 is 0 Å². The molecule has 30 heavy (non-hydrogen) atoms. The van der Waals surface area contributed by atoms with Gasteiger partial charge in [-0.25, -0.2) is 14.6 Å². The molecule has 1 rings (SSSR count). The second-order valence-electron chi connectivity index (χ2n) is 7.67. The van der Waals surface area contributed by atoms with E-state index in [9.17, 15) is 9.59 Å². The second kappa shape index (κ2) is 16.8. The van der Waals surface area contributed by atoms with Crippen molar-refractivity contribution in [2.75, 3.05) is 26.9 Å². The van der Waals surface area contributed by atoms with Crippen LogP contribution >= 0.6 is 0 Å². The van der Waals surface area contributed by atoms with Crippen molar-refractivity contribution in [2.24, 2.45) is 5.92 Å². The molecule has 0 saturated heterocycles. The Bertz CT molecular complexity index is 605. The molecule has 1 aromatic rings. The third kappa shape index (κ3) is 11.3. The normalized spacial score (nSPS) is 11.8. The number of nitrogens with zero attached hydrogens (tertiary/aromatic N) is 1. The zero-order valence-electron chi connectivity index (χ0n) is 19.0. The fraction of sp³-hybridized carbons (Fsp3) is 0.708. The number of esters is 2. The van der Waals surface area contributed by atoms with Gasteiger partial charge >= 0.3 is 11.9 Å². The first-order valence-electron chi connectivity index (χ1n) is 11.4. The van der Waals surface area contributed by atoms with Gasteiger partial charge in [-0.2, -0.15) is 0 Å². The fourth-order valence-corrected chi connectivity index (χ4v) is 3.22. The molecule has 170 valence electrons. The van der Waals surface area contributed by atoms with Crippen LogP contribution in [0.15, 0.2) is 18.2 Å². The summed E-state index contributed by atoms with van der Waals surface area (Å²) in [6.45, 7) is 5.72. The van der Waals surface area contributed by atoms with Crippen molar-refractivity contribution in [2.45, 2.75) is 78.1 Å². The molecule has 0 bridgehead atoms. The van der Waals surface area contributed by atoms with Gasteiger partial charge in [-0.05, 0) is 37.3 Å². The molecule has 0 aromatic carbocycles. The summed E-state index contributed by atoms with van der Waals surface area (Å²) in [6.07, 6.45) is 10.7. The fourth-order valence-electron chi connectivity index (χ4n) is 3.22. The molecule has 0 saturated carbocycles. The van der Waals surface area contributed by atoms with E-state index in [-0.39, 0.29) is 11.4 Å². The van der Waals surface area contributed by atoms with Gasteiger partial charge in [0.05, 0.1) is 13.2 Å². The number of carbonyl (C=O) groups excluding carboxylic acids is 2. The number of unbranched alkanes of at least 4 members (excludes halogenated alkanes) is 5. The van der Waals surface area contributed by atoms with Gasteiger partial charge in [0.2, 0.25) is 0 Å². The van der Waals surface area contributed by atoms with E-state index in [1.807, 2.05) is 0 Å². The predicted octanol–water partition coefficient (Wildman–Crippen LogP) is 5.60. The molecule has 0 amide bonds. The van der Waals surface area contributed by atoms with Gasteiger partial charge in [-0.15, -0.1) is 0 Å². The molecule has 0 aliphatic heterocycles. The Hall–Kier alpha value is -1.95. The molecule has 6 heteroatoms. The van der Waals surface area contributed by atoms with E-state index in [4.69, 9.17) is 14.2 Å². The average Bonchev–Trinajstić information content (AvgIpc) is 2.77. The first kappa shape index (κ1) is 26.1. The smallest absolute Gasteiger partial charge is 0.356 e. The van der Waals surface area contributed by atoms with E-state index in [1.54, 1.807) is 25.3 Å². The van der Waals surface area contributed by atoms with Gasteiger partial charge in [0.25, 0.3) is 0 Å². The van der Waals surface area contributed by atoms with Crippen LogP contribution in [-0.4, -0.2) is 43.9 Å². The summed E-state index contributed by atoms with van der Waals surface area (Å²) >= 11 is 0. The Kier molecular flexibility index (Phi) is 14.6. The lowest BCUT2D eigenvalue weighted by atomic mass is 9.95. The minimum atomic E-state index is -0.507. The van der Waals surface area contributed by atoms with Gasteiger partial charge in [0.15, 0.2) is 0 Å². The van der Waals surface area contributed by atoms with E-state index in [0.717, 1.165) is 45.1 Å². The molecule has 6 nitrogen and oxygen atoms in total. The third-order valence-electron chi connectivity index (χ3n) is 5.10. The predicted molar refractivity (Wildman–Crippen MR) is 118 cm³/mol. The lowest BCUT2D eigenvalue weighted by Crippen LogP contribution is -2.15. The summed E-state index contributed by atoms with van der Waals surface area (Å²) in [7, 11) is 1.71. The summed E-state index contributed by atoms with van der Waals surface area (Å²) in [4.78, 5) is 28.6. The molecule has 0 radical (unpaired) electrons. The maximum atomic E-state index is 12.4. The zero-order chi connectivity index (χ0) is 22.0. The third-order valence-corrected chi connectivity index (χ3v) is 5.10. The maximum Gasteiger partial charge on any atom is 0.356 e. The van der Waals surface area contributed by atoms with Crippen LogP contribution in [0.2, 0.25) is 0 Å². The highest BCUT2D eigenvalue weighted by Crippen LogP contribution is 2.18. The van der Waals surface area contributed by atoms with Crippen LogP contribution in [0.3, 0.4) is 0 Å². The Balaban J connectivity index is 2.47. The van der Waals surface area contributed by atoms with Crippen LogP contribution in [-0.2, 0) is 14.2 Å². The Labute approximate surface area is 181 Å². The van der Waals surface area contributed by atoms with Crippen LogP contribution in [0.5, 0.6) is 0 Å². The van der Waals surface area contributed by atoms with E-state index in [2.05, 4.69) is 18.8 Å². The van der Waals surface area contributed by atoms with Crippen LogP contribution in [0.4, 0.5) is 0 Å². The Morgan fingerprint density at radius 2 is 1.40 bits per heavy atom. The van der Waals surface area contributed by atoms with Crippen molar-refractivity contribution in [3.05, 3.63) is 29.6 Å². The first-order chi connectivity index (χ1) is 14.6. The molecule has 0 aliphatic carbocycles. The molecule has 0 N–H and O–H groups in total. The van der Waals surface area contributed by atoms with Crippen LogP contribution in [0.25, 0.3) is 0 Å². The highest BCUT2D eigenvalue weighted by Gasteiger charge is 2.15. The molecule has 1 atom stereocenters. The number of carbonyl (C=O) groups is 2. The van der Waals surface area contributed by atoms with Crippen molar-refractivity contribution in [1.29, 1.82) is 0 Å². The lowest BCUT2D eigenvalue weighted by molar-refractivity contribution is 0.0463. The molecule has 1 unspecified atom stereocenters. The lowest BCUT2D eigenvalue weighted by Gasteiger charge is -2.16. The number of aromatic nitrogens is 1. The average molecular weight is 422 g/mol. The number of methoxy groups -OCH3 is 1. The quantitative estimate of drug-likeness (QED) is 0.241. The molecule has 1 heterocycles. The van der Waals surface area contributed by atoms with Crippen molar-refractivity contribution < 1.29 is 23.8 Å². The minimum absolute atomic E-state index is 0.134. The van der Waals surface area contributed by atoms with Gasteiger partial charge < -0.3 is 14.2 Å². The summed E-state index contributed by atoms with van der Waals surface area (Å²) in [5.41, 5.74) is 0.268. The van der Waals surface area contributed by atoms with Gasteiger partial charge in [-0.1, -0.05) is 64.9 Å². The topological polar surface area (TPSA) is 74.7 Å². The Morgan fingerprint density at radius 1 is 0.800 bits per heavy atom. The highest BCUT2D eigenvalue weighted by molar-refractivity contribution is 5.91. The number of rotatable bonds is 17. The monoisotopic (exact) mass is 421 g/mol. The summed E-state index contributed by atoms with van der Waals surface area (Å²) < 4.78 is 15.8. The first-order valence-corrected chi connectivity index (χ1v) is 11.4. The standard InChI is InChI=1S/C24H39NO5/c1-4-6-8-9-12-20(15-18-28-3)16-19-30-24(27)22-14-11-13-21(25-22)23(26)29-17-10-7-5-2/h11,13-14,20H,4-10,12,15-19H2,1-3H3. The minimum Gasteiger partial charge on any atom is -0.461 e. The molecule has 1 aromatic heterocycles. The van der Waals surface area contributed by atoms with E-state index < -0.39 is 11.9 Å². The van der Waals surface area contributed by atoms with Gasteiger partial charge in [0.1, 0.15) is 11.4 Å². The van der Waals surface area contributed by atoms with Crippen LogP contribution in [0, 0.1) is 5.92 Å². The molecule has 0 spiro atoms. The van der Waals surface area contributed by atoms with Crippen LogP contribution in [0.1, 0.15) is 99.0 Å². The highest BCUT2D eigenvalue weighted by atomic mass is 16.5. The van der Waals surface area contributed by atoms with Crippen LogP contribution < -0.4 is 0 Å². The van der Waals surface area contributed by atoms with Crippen molar-refractivity contribution in [3.63, 3.8) is 0 Å². The SMILES string of the molecule is CCCCCCC(CCOC)CCOC(=O)c1cccc(C(=O)OCCCCC)n1. The van der Waals surface area contributed by atoms with Crippen molar-refractivity contribution in [3.8, 4) is 0 Å². The molecular formula is C24H39NO5. The number of hydrogen-bond acceptors (Lipinski definition) is 6. The van der Waals surface area contributed by atoms with Crippen molar-refractivity contribution >= 4 is 11.9 Å². The molecule has 0 fully saturated rings. The molecule has 0 aliphatic rings. The number of pyridine rings is 1. The summed E-state index contributed by atoms with van der Waals surface area (Å²) in [5.74, 6) is -0.536. The van der Waals surface area contributed by atoms with Gasteiger partial charge in [0, 0.05) is 13.7 Å². The zero-order valence-corrected chi connectivity index (χ0v) is 19.0. The molecular weight excluding hydrogens is 382 g/mol. The maximum absolute atomic E-state index is 12.4. The van der Waals surface area contributed by atoms with Crippen molar-refractivity contribution in [1.82, 2.24) is 4.98 Å². The number of ether oxygens (including phenoxy) is 3. The van der Waals surface area contributed by atoms with E-state index in [1.165, 1.54) is 25.7 Å². The number of hydrogen-bond donors (Lipinski definition) is 0. The Morgan fingerprint density at radius 3 is 2.03 bits per heavy atom. The van der Waals surface area contributed by atoms with E-state index in [0.29, 0.717) is 19.1 Å². The summed E-state index contributed by atoms with van der Waals surface area (Å²) in [6, 6.07) is 4.74.